The van der Waals surface area contributed by atoms with E-state index in [0.29, 0.717) is 5.39 Å². The largest absolute Gasteiger partial charge is 0.293 e. The molecule has 0 aliphatic carbocycles. The Morgan fingerprint density at radius 3 is 2.67 bits per heavy atom. The molecule has 9 heteroatoms. The van der Waals surface area contributed by atoms with E-state index in [0.717, 1.165) is 25.5 Å². The maximum absolute atomic E-state index is 12.8. The molecule has 1 atom stereocenters. The number of benzene rings is 1. The average molecular weight is 542 g/mol. The van der Waals surface area contributed by atoms with E-state index in [-0.39, 0.29) is 24.0 Å². The smallest absolute Gasteiger partial charge is 0.275 e. The second-order valence-electron chi connectivity index (χ2n) is 6.12. The average Bonchev–Trinajstić information content (AvgIpc) is 2.65. The molecule has 27 heavy (non-hydrogen) atoms. The molecule has 3 aromatic rings. The fourth-order valence-corrected chi connectivity index (χ4v) is 3.26. The zero-order valence-corrected chi connectivity index (χ0v) is 18.5. The highest BCUT2D eigenvalue weighted by atomic mass is 127. The first kappa shape index (κ1) is 19.9. The molecule has 1 aromatic carbocycles. The van der Waals surface area contributed by atoms with Crippen LogP contribution in [0, 0.1) is 3.57 Å². The van der Waals surface area contributed by atoms with Gasteiger partial charge in [-0.15, -0.1) is 0 Å². The van der Waals surface area contributed by atoms with E-state index < -0.39 is 5.91 Å². The van der Waals surface area contributed by atoms with E-state index >= 15 is 0 Å². The third kappa shape index (κ3) is 4.52. The summed E-state index contributed by atoms with van der Waals surface area (Å²) in [7, 11) is 0. The summed E-state index contributed by atoms with van der Waals surface area (Å²) in [5.41, 5.74) is 0.495. The van der Waals surface area contributed by atoms with Crippen molar-refractivity contribution in [3.63, 3.8) is 0 Å². The number of aromatic nitrogens is 4. The van der Waals surface area contributed by atoms with E-state index in [2.05, 4.69) is 72.8 Å². The van der Waals surface area contributed by atoms with Crippen molar-refractivity contribution in [3.05, 3.63) is 54.7 Å². The van der Waals surface area contributed by atoms with Crippen LogP contribution >= 0.6 is 38.5 Å². The van der Waals surface area contributed by atoms with Crippen molar-refractivity contribution in [2.45, 2.75) is 32.7 Å². The molecule has 2 aromatic heterocycles. The van der Waals surface area contributed by atoms with Crippen LogP contribution < -0.4 is 10.9 Å². The Balaban J connectivity index is 1.97. The number of hydrogen-bond acceptors (Lipinski definition) is 5. The maximum Gasteiger partial charge on any atom is 0.275 e. The molecule has 0 saturated heterocycles. The van der Waals surface area contributed by atoms with Crippen molar-refractivity contribution in [2.24, 2.45) is 0 Å². The summed E-state index contributed by atoms with van der Waals surface area (Å²) in [4.78, 5) is 33.2. The summed E-state index contributed by atoms with van der Waals surface area (Å²) in [5.74, 6) is -0.0612. The van der Waals surface area contributed by atoms with Gasteiger partial charge in [0.25, 0.3) is 5.56 Å². The Morgan fingerprint density at radius 1 is 1.30 bits per heavy atom. The van der Waals surface area contributed by atoms with Gasteiger partial charge in [0.1, 0.15) is 6.54 Å². The first-order chi connectivity index (χ1) is 12.9. The van der Waals surface area contributed by atoms with Crippen LogP contribution in [0.3, 0.4) is 0 Å². The Kier molecular flexibility index (Phi) is 6.20. The normalized spacial score (nSPS) is 12.1. The van der Waals surface area contributed by atoms with Gasteiger partial charge in [-0.1, -0.05) is 29.8 Å². The summed E-state index contributed by atoms with van der Waals surface area (Å²) in [6.45, 7) is 3.91. The highest BCUT2D eigenvalue weighted by molar-refractivity contribution is 14.1. The van der Waals surface area contributed by atoms with Gasteiger partial charge in [0.2, 0.25) is 11.9 Å². The number of fused-ring (bicyclic) bond motifs is 1. The number of hydrogen-bond donors (Lipinski definition) is 1. The molecule has 0 saturated carbocycles. The van der Waals surface area contributed by atoms with Crippen molar-refractivity contribution in [1.82, 2.24) is 19.7 Å². The number of rotatable bonds is 5. The molecule has 1 unspecified atom stereocenters. The number of halogens is 2. The number of anilines is 1. The standard InChI is InChI=1S/C18H17BrIN5O2/c1-3-10(2)16-14-6-11(19)4-5-13(14)17(27)25(24-16)9-15(26)23-18-21-7-12(20)8-22-18/h4-8,10H,3,9H2,1-2H3,(H,21,22,23,26). The fraction of sp³-hybridized carbons (Fsp3) is 0.278. The SMILES string of the molecule is CCC(C)c1nn(CC(=O)Nc2ncc(I)cn2)c(=O)c2ccc(Br)cc12. The fourth-order valence-electron chi connectivity index (χ4n) is 2.62. The van der Waals surface area contributed by atoms with E-state index in [9.17, 15) is 9.59 Å². The molecule has 0 radical (unpaired) electrons. The van der Waals surface area contributed by atoms with Crippen molar-refractivity contribution in [1.29, 1.82) is 0 Å². The Hall–Kier alpha value is -1.88. The minimum atomic E-state index is -0.405. The molecule has 1 N–H and O–H groups in total. The number of nitrogens with zero attached hydrogens (tertiary/aromatic N) is 4. The Morgan fingerprint density at radius 2 is 2.00 bits per heavy atom. The Labute approximate surface area is 177 Å². The number of amides is 1. The quantitative estimate of drug-likeness (QED) is 0.497. The van der Waals surface area contributed by atoms with Gasteiger partial charge in [-0.3, -0.25) is 14.9 Å². The lowest BCUT2D eigenvalue weighted by Crippen LogP contribution is -2.31. The van der Waals surface area contributed by atoms with Gasteiger partial charge in [0, 0.05) is 31.7 Å². The molecule has 0 fully saturated rings. The van der Waals surface area contributed by atoms with Crippen LogP contribution in [0.5, 0.6) is 0 Å². The van der Waals surface area contributed by atoms with Crippen LogP contribution in [0.15, 0.2) is 39.9 Å². The van der Waals surface area contributed by atoms with Gasteiger partial charge in [0.15, 0.2) is 0 Å². The zero-order valence-electron chi connectivity index (χ0n) is 14.7. The minimum Gasteiger partial charge on any atom is -0.293 e. The van der Waals surface area contributed by atoms with Crippen molar-refractivity contribution >= 4 is 61.1 Å². The molecular weight excluding hydrogens is 525 g/mol. The van der Waals surface area contributed by atoms with Crippen LogP contribution in [0.2, 0.25) is 0 Å². The molecule has 0 bridgehead atoms. The number of carbonyl (C=O) groups is 1. The highest BCUT2D eigenvalue weighted by Gasteiger charge is 2.17. The third-order valence-corrected chi connectivity index (χ3v) is 5.25. The molecule has 1 amide bonds. The van der Waals surface area contributed by atoms with Crippen molar-refractivity contribution in [3.8, 4) is 0 Å². The lowest BCUT2D eigenvalue weighted by molar-refractivity contribution is -0.117. The van der Waals surface area contributed by atoms with Gasteiger partial charge < -0.3 is 0 Å². The van der Waals surface area contributed by atoms with Crippen molar-refractivity contribution < 1.29 is 4.79 Å². The molecule has 0 aliphatic rings. The van der Waals surface area contributed by atoms with Crippen LogP contribution in [0.1, 0.15) is 31.9 Å². The van der Waals surface area contributed by atoms with Crippen LogP contribution in [0.25, 0.3) is 10.8 Å². The number of nitrogens with one attached hydrogen (secondary N) is 1. The van der Waals surface area contributed by atoms with E-state index in [1.165, 1.54) is 4.68 Å². The van der Waals surface area contributed by atoms with E-state index in [1.807, 2.05) is 12.1 Å². The second-order valence-corrected chi connectivity index (χ2v) is 8.28. The lowest BCUT2D eigenvalue weighted by Gasteiger charge is -2.15. The molecule has 3 rings (SSSR count). The van der Waals surface area contributed by atoms with Crippen LogP contribution in [0.4, 0.5) is 5.95 Å². The van der Waals surface area contributed by atoms with Crippen molar-refractivity contribution in [2.75, 3.05) is 5.32 Å². The first-order valence-corrected chi connectivity index (χ1v) is 10.2. The molecule has 0 spiro atoms. The zero-order chi connectivity index (χ0) is 19.6. The van der Waals surface area contributed by atoms with Gasteiger partial charge in [-0.25, -0.2) is 14.6 Å². The predicted molar refractivity (Wildman–Crippen MR) is 116 cm³/mol. The minimum absolute atomic E-state index is 0.149. The maximum atomic E-state index is 12.8. The molecule has 140 valence electrons. The topological polar surface area (TPSA) is 89.8 Å². The predicted octanol–water partition coefficient (Wildman–Crippen LogP) is 3.71. The lowest BCUT2D eigenvalue weighted by atomic mass is 9.99. The van der Waals surface area contributed by atoms with E-state index in [1.54, 1.807) is 18.5 Å². The molecule has 7 nitrogen and oxygen atoms in total. The first-order valence-electron chi connectivity index (χ1n) is 8.36. The van der Waals surface area contributed by atoms with Crippen LogP contribution in [-0.2, 0) is 11.3 Å². The van der Waals surface area contributed by atoms with Crippen LogP contribution in [-0.4, -0.2) is 25.7 Å². The highest BCUT2D eigenvalue weighted by Crippen LogP contribution is 2.26. The van der Waals surface area contributed by atoms with E-state index in [4.69, 9.17) is 0 Å². The van der Waals surface area contributed by atoms with Gasteiger partial charge in [0.05, 0.1) is 11.1 Å². The third-order valence-electron chi connectivity index (χ3n) is 4.19. The molecule has 2 heterocycles. The number of carbonyl (C=O) groups excluding carboxylic acids is 1. The summed E-state index contributed by atoms with van der Waals surface area (Å²) < 4.78 is 2.95. The summed E-state index contributed by atoms with van der Waals surface area (Å²) in [5, 5.41) is 8.43. The van der Waals surface area contributed by atoms with Gasteiger partial charge >= 0.3 is 0 Å². The monoisotopic (exact) mass is 541 g/mol. The summed E-state index contributed by atoms with van der Waals surface area (Å²) in [6, 6.07) is 5.47. The van der Waals surface area contributed by atoms with Gasteiger partial charge in [-0.2, -0.15) is 5.10 Å². The molecule has 0 aliphatic heterocycles. The van der Waals surface area contributed by atoms with Gasteiger partial charge in [-0.05, 0) is 47.2 Å². The Bertz CT molecular complexity index is 1050. The summed E-state index contributed by atoms with van der Waals surface area (Å²) >= 11 is 5.53. The molecular formula is C18H17BrIN5O2. The second kappa shape index (κ2) is 8.42. The summed E-state index contributed by atoms with van der Waals surface area (Å²) in [6.07, 6.45) is 4.07.